The van der Waals surface area contributed by atoms with Crippen molar-refractivity contribution in [2.45, 2.75) is 80.5 Å². The van der Waals surface area contributed by atoms with Gasteiger partial charge in [-0.25, -0.2) is 0 Å². The predicted molar refractivity (Wildman–Crippen MR) is 160 cm³/mol. The number of fused-ring (bicyclic) bond motifs is 1. The maximum absolute atomic E-state index is 14.4. The molecule has 1 spiro atoms. The molecule has 3 aliphatic heterocycles. The van der Waals surface area contributed by atoms with E-state index >= 15 is 0 Å². The topological polar surface area (TPSA) is 96.4 Å². The van der Waals surface area contributed by atoms with E-state index in [1.54, 1.807) is 11.0 Å². The summed E-state index contributed by atoms with van der Waals surface area (Å²) in [6, 6.07) is 7.95. The van der Waals surface area contributed by atoms with Gasteiger partial charge in [-0.3, -0.25) is 14.4 Å². The predicted octanol–water partition coefficient (Wildman–Crippen LogP) is 4.05. The molecule has 0 aliphatic carbocycles. The molecule has 0 saturated carbocycles. The SMILES string of the molecule is C=CCCCCOC(=O)[C@H]1[C@H]2C(=O)N([C@@H](CO)Cc3ccccc3)C(C(=O)N(CC=C)CCCC)C23CC(Br)[C@@H]1O3. The Balaban J connectivity index is 1.71. The summed E-state index contributed by atoms with van der Waals surface area (Å²) < 4.78 is 12.3. The van der Waals surface area contributed by atoms with E-state index in [4.69, 9.17) is 9.47 Å². The van der Waals surface area contributed by atoms with Gasteiger partial charge in [-0.15, -0.1) is 13.2 Å². The van der Waals surface area contributed by atoms with Crippen LogP contribution in [-0.2, 0) is 30.3 Å². The van der Waals surface area contributed by atoms with Crippen LogP contribution in [0.3, 0.4) is 0 Å². The highest BCUT2D eigenvalue weighted by molar-refractivity contribution is 9.09. The number of rotatable bonds is 16. The number of halogens is 1. The lowest BCUT2D eigenvalue weighted by Gasteiger charge is -2.39. The number of nitrogens with zero attached hydrogens (tertiary/aromatic N) is 2. The Kier molecular flexibility index (Phi) is 10.8. The second-order valence-corrected chi connectivity index (χ2v) is 12.5. The lowest BCUT2D eigenvalue weighted by molar-refractivity contribution is -0.156. The fourth-order valence-electron chi connectivity index (χ4n) is 6.78. The third-order valence-electron chi connectivity index (χ3n) is 8.64. The number of hydrogen-bond donors (Lipinski definition) is 1. The molecule has 4 rings (SSSR count). The number of ether oxygens (including phenoxy) is 2. The minimum Gasteiger partial charge on any atom is -0.465 e. The largest absolute Gasteiger partial charge is 0.465 e. The van der Waals surface area contributed by atoms with E-state index in [1.807, 2.05) is 36.4 Å². The maximum Gasteiger partial charge on any atom is 0.312 e. The number of hydrogen-bond acceptors (Lipinski definition) is 6. The summed E-state index contributed by atoms with van der Waals surface area (Å²) in [7, 11) is 0. The van der Waals surface area contributed by atoms with Crippen LogP contribution in [0.5, 0.6) is 0 Å². The zero-order valence-corrected chi connectivity index (χ0v) is 25.5. The van der Waals surface area contributed by atoms with E-state index in [9.17, 15) is 19.5 Å². The van der Waals surface area contributed by atoms with Crippen LogP contribution >= 0.6 is 15.9 Å². The van der Waals surface area contributed by atoms with Crippen LogP contribution in [0, 0.1) is 11.8 Å². The zero-order valence-electron chi connectivity index (χ0n) is 24.0. The Morgan fingerprint density at radius 1 is 1.24 bits per heavy atom. The van der Waals surface area contributed by atoms with Crippen molar-refractivity contribution in [3.8, 4) is 0 Å². The first kappa shape index (κ1) is 31.4. The molecule has 3 unspecified atom stereocenters. The summed E-state index contributed by atoms with van der Waals surface area (Å²) in [4.78, 5) is 45.4. The molecule has 0 radical (unpaired) electrons. The van der Waals surface area contributed by atoms with Gasteiger partial charge < -0.3 is 24.4 Å². The highest BCUT2D eigenvalue weighted by Crippen LogP contribution is 2.60. The number of allylic oxidation sites excluding steroid dienone is 1. The summed E-state index contributed by atoms with van der Waals surface area (Å²) in [6.07, 6.45) is 7.80. The van der Waals surface area contributed by atoms with Crippen molar-refractivity contribution in [2.75, 3.05) is 26.3 Å². The van der Waals surface area contributed by atoms with E-state index in [0.29, 0.717) is 32.4 Å². The highest BCUT2D eigenvalue weighted by atomic mass is 79.9. The summed E-state index contributed by atoms with van der Waals surface area (Å²) in [5.74, 6) is -2.73. The fraction of sp³-hybridized carbons (Fsp3) is 0.594. The molecule has 7 atom stereocenters. The summed E-state index contributed by atoms with van der Waals surface area (Å²) in [5.41, 5.74) is -0.261. The standard InChI is InChI=1S/C32H43BrN2O6/c1-4-7-9-13-18-40-31(39)25-26-29(37)35(23(21-36)19-22-14-11-10-12-15-22)28(32(26)20-24(33)27(25)41-32)30(38)34(16-6-3)17-8-5-2/h4,6,10-12,14-15,23-28,36H,1,3,5,7-9,13,16-21H2,2H3/t23-,24?,25+,26+,27+,28?,32?/m1/s1. The summed E-state index contributed by atoms with van der Waals surface area (Å²) >= 11 is 3.71. The number of carbonyl (C=O) groups is 3. The van der Waals surface area contributed by atoms with Crippen LogP contribution in [0.25, 0.3) is 0 Å². The van der Waals surface area contributed by atoms with Gasteiger partial charge in [-0.2, -0.15) is 0 Å². The van der Waals surface area contributed by atoms with E-state index in [2.05, 4.69) is 36.0 Å². The monoisotopic (exact) mass is 630 g/mol. The Labute approximate surface area is 251 Å². The number of amides is 2. The minimum absolute atomic E-state index is 0.217. The van der Waals surface area contributed by atoms with Gasteiger partial charge in [0, 0.05) is 17.9 Å². The zero-order chi connectivity index (χ0) is 29.6. The average molecular weight is 632 g/mol. The minimum atomic E-state index is -1.20. The van der Waals surface area contributed by atoms with Gasteiger partial charge in [0.15, 0.2) is 0 Å². The second kappa shape index (κ2) is 14.1. The number of likely N-dealkylation sites (tertiary alicyclic amines) is 1. The number of unbranched alkanes of at least 4 members (excludes halogenated alkanes) is 3. The van der Waals surface area contributed by atoms with Gasteiger partial charge in [-0.1, -0.05) is 71.8 Å². The van der Waals surface area contributed by atoms with Crippen molar-refractivity contribution in [1.29, 1.82) is 0 Å². The van der Waals surface area contributed by atoms with Crippen molar-refractivity contribution in [1.82, 2.24) is 9.80 Å². The molecule has 1 aromatic rings. The van der Waals surface area contributed by atoms with E-state index in [-0.39, 0.29) is 29.9 Å². The molecule has 2 bridgehead atoms. The fourth-order valence-corrected chi connectivity index (χ4v) is 7.72. The molecule has 3 saturated heterocycles. The lowest BCUT2D eigenvalue weighted by atomic mass is 9.70. The van der Waals surface area contributed by atoms with E-state index in [0.717, 1.165) is 31.2 Å². The third-order valence-corrected chi connectivity index (χ3v) is 9.49. The summed E-state index contributed by atoms with van der Waals surface area (Å²) in [6.45, 7) is 10.4. The molecule has 1 N–H and O–H groups in total. The summed E-state index contributed by atoms with van der Waals surface area (Å²) in [5, 5.41) is 10.6. The molecule has 0 aromatic heterocycles. The molecule has 8 nitrogen and oxygen atoms in total. The second-order valence-electron chi connectivity index (χ2n) is 11.3. The number of esters is 1. The van der Waals surface area contributed by atoms with Crippen LogP contribution < -0.4 is 0 Å². The third kappa shape index (κ3) is 6.18. The molecule has 2 amide bonds. The van der Waals surface area contributed by atoms with Crippen molar-refractivity contribution in [3.63, 3.8) is 0 Å². The lowest BCUT2D eigenvalue weighted by Crippen LogP contribution is -2.59. The number of benzene rings is 1. The molecular formula is C32H43BrN2O6. The van der Waals surface area contributed by atoms with Crippen molar-refractivity contribution in [3.05, 3.63) is 61.2 Å². The Hall–Kier alpha value is -2.49. The first-order valence-corrected chi connectivity index (χ1v) is 15.7. The van der Waals surface area contributed by atoms with Gasteiger partial charge in [0.25, 0.3) is 0 Å². The normalized spacial score (nSPS) is 28.8. The number of aliphatic hydroxyl groups is 1. The van der Waals surface area contributed by atoms with Crippen molar-refractivity contribution in [2.24, 2.45) is 11.8 Å². The smallest absolute Gasteiger partial charge is 0.312 e. The Morgan fingerprint density at radius 2 is 2.00 bits per heavy atom. The molecule has 3 heterocycles. The van der Waals surface area contributed by atoms with Crippen LogP contribution in [0.1, 0.15) is 51.0 Å². The first-order valence-electron chi connectivity index (χ1n) is 14.8. The highest BCUT2D eigenvalue weighted by Gasteiger charge is 2.77. The van der Waals surface area contributed by atoms with Crippen LogP contribution in [-0.4, -0.2) is 87.6 Å². The number of carbonyl (C=O) groups excluding carboxylic acids is 3. The quantitative estimate of drug-likeness (QED) is 0.128. The Bertz CT molecular complexity index is 1100. The van der Waals surface area contributed by atoms with Gasteiger partial charge in [0.1, 0.15) is 11.6 Å². The molecule has 41 heavy (non-hydrogen) atoms. The van der Waals surface area contributed by atoms with Crippen LogP contribution in [0.4, 0.5) is 0 Å². The molecule has 3 fully saturated rings. The first-order chi connectivity index (χ1) is 19.8. The molecule has 3 aliphatic rings. The maximum atomic E-state index is 14.4. The number of alkyl halides is 1. The van der Waals surface area contributed by atoms with E-state index < -0.39 is 41.6 Å². The van der Waals surface area contributed by atoms with Crippen molar-refractivity contribution < 1.29 is 29.0 Å². The van der Waals surface area contributed by atoms with Gasteiger partial charge in [-0.05, 0) is 44.1 Å². The van der Waals surface area contributed by atoms with Crippen molar-refractivity contribution >= 4 is 33.7 Å². The number of aliphatic hydroxyl groups excluding tert-OH is 1. The Morgan fingerprint density at radius 3 is 2.66 bits per heavy atom. The van der Waals surface area contributed by atoms with Crippen LogP contribution in [0.15, 0.2) is 55.6 Å². The van der Waals surface area contributed by atoms with Gasteiger partial charge >= 0.3 is 5.97 Å². The van der Waals surface area contributed by atoms with Crippen LogP contribution in [0.2, 0.25) is 0 Å². The molecular weight excluding hydrogens is 588 g/mol. The molecule has 224 valence electrons. The molecule has 9 heteroatoms. The van der Waals surface area contributed by atoms with Gasteiger partial charge in [0.05, 0.1) is 37.2 Å². The van der Waals surface area contributed by atoms with Gasteiger partial charge in [0.2, 0.25) is 11.8 Å². The van der Waals surface area contributed by atoms with E-state index in [1.165, 1.54) is 4.90 Å². The molecule has 1 aromatic carbocycles. The average Bonchev–Trinajstić information content (AvgIpc) is 3.57.